The zero-order chi connectivity index (χ0) is 15.4. The number of carbonyl (C=O) groups excluding carboxylic acids is 1. The quantitative estimate of drug-likeness (QED) is 0.868. The molecule has 1 aromatic carbocycles. The summed E-state index contributed by atoms with van der Waals surface area (Å²) in [5, 5.41) is 3.12. The van der Waals surface area contributed by atoms with Gasteiger partial charge in [-0.25, -0.2) is 0 Å². The maximum Gasteiger partial charge on any atom is 0.253 e. The molecule has 1 aliphatic rings. The van der Waals surface area contributed by atoms with Crippen LogP contribution in [0.2, 0.25) is 0 Å². The van der Waals surface area contributed by atoms with E-state index in [1.54, 1.807) is 0 Å². The Balaban J connectivity index is 1.66. The van der Waals surface area contributed by atoms with Crippen LogP contribution >= 0.6 is 0 Å². The molecule has 22 heavy (non-hydrogen) atoms. The molecule has 3 nitrogen and oxygen atoms in total. The van der Waals surface area contributed by atoms with Gasteiger partial charge in [0, 0.05) is 17.9 Å². The molecule has 0 unspecified atom stereocenters. The van der Waals surface area contributed by atoms with Gasteiger partial charge in [0.2, 0.25) is 0 Å². The van der Waals surface area contributed by atoms with Crippen LogP contribution < -0.4 is 5.32 Å². The zero-order valence-corrected chi connectivity index (χ0v) is 13.2. The van der Waals surface area contributed by atoms with Crippen molar-refractivity contribution in [1.29, 1.82) is 0 Å². The molecule has 2 N–H and O–H groups in total. The van der Waals surface area contributed by atoms with Gasteiger partial charge in [-0.3, -0.25) is 4.79 Å². The molecular weight excluding hydrogens is 272 g/mol. The van der Waals surface area contributed by atoms with E-state index in [0.717, 1.165) is 29.1 Å². The van der Waals surface area contributed by atoms with Crippen LogP contribution in [0.4, 0.5) is 0 Å². The van der Waals surface area contributed by atoms with Crippen molar-refractivity contribution in [2.24, 2.45) is 5.92 Å². The highest BCUT2D eigenvalue weighted by atomic mass is 16.1. The molecule has 0 spiro atoms. The van der Waals surface area contributed by atoms with Gasteiger partial charge in [0.15, 0.2) is 0 Å². The van der Waals surface area contributed by atoms with E-state index in [9.17, 15) is 4.79 Å². The molecule has 1 fully saturated rings. The highest BCUT2D eigenvalue weighted by molar-refractivity contribution is 5.96. The van der Waals surface area contributed by atoms with Gasteiger partial charge in [-0.1, -0.05) is 49.6 Å². The number of aryl methyl sites for hydroxylation is 1. The molecule has 3 rings (SSSR count). The first-order valence-electron chi connectivity index (χ1n) is 8.27. The predicted octanol–water partition coefficient (Wildman–Crippen LogP) is 4.30. The Hall–Kier alpha value is -2.03. The van der Waals surface area contributed by atoms with E-state index in [2.05, 4.69) is 22.4 Å². The highest BCUT2D eigenvalue weighted by Gasteiger charge is 2.17. The minimum atomic E-state index is 0.0431. The molecule has 1 amide bonds. The standard InChI is InChI=1S/C19H24N2O/c1-14-17(12-18(21-14)16-10-6-3-7-11-16)19(22)20-13-15-8-4-2-5-9-15/h3,6-7,10-12,15,21H,2,4-5,8-9,13H2,1H3,(H,20,22). The van der Waals surface area contributed by atoms with Crippen molar-refractivity contribution in [3.8, 4) is 11.3 Å². The number of rotatable bonds is 4. The summed E-state index contributed by atoms with van der Waals surface area (Å²) in [7, 11) is 0. The van der Waals surface area contributed by atoms with Crippen molar-refractivity contribution in [2.75, 3.05) is 6.54 Å². The summed E-state index contributed by atoms with van der Waals surface area (Å²) in [6, 6.07) is 12.1. The number of amides is 1. The van der Waals surface area contributed by atoms with Crippen LogP contribution in [-0.2, 0) is 0 Å². The minimum Gasteiger partial charge on any atom is -0.358 e. The van der Waals surface area contributed by atoms with Crippen LogP contribution in [0, 0.1) is 12.8 Å². The van der Waals surface area contributed by atoms with E-state index >= 15 is 0 Å². The lowest BCUT2D eigenvalue weighted by Gasteiger charge is -2.21. The summed E-state index contributed by atoms with van der Waals surface area (Å²) in [5.74, 6) is 0.701. The Bertz CT molecular complexity index is 624. The summed E-state index contributed by atoms with van der Waals surface area (Å²) in [4.78, 5) is 15.7. The summed E-state index contributed by atoms with van der Waals surface area (Å²) >= 11 is 0. The molecule has 0 radical (unpaired) electrons. The first-order chi connectivity index (χ1) is 10.7. The van der Waals surface area contributed by atoms with Crippen LogP contribution in [0.3, 0.4) is 0 Å². The maximum absolute atomic E-state index is 12.4. The number of nitrogens with one attached hydrogen (secondary N) is 2. The van der Waals surface area contributed by atoms with E-state index in [-0.39, 0.29) is 5.91 Å². The normalized spacial score (nSPS) is 15.7. The van der Waals surface area contributed by atoms with Crippen LogP contribution in [0.1, 0.15) is 48.2 Å². The van der Waals surface area contributed by atoms with Gasteiger partial charge >= 0.3 is 0 Å². The second-order valence-electron chi connectivity index (χ2n) is 6.30. The summed E-state index contributed by atoms with van der Waals surface area (Å²) < 4.78 is 0. The SMILES string of the molecule is Cc1[nH]c(-c2ccccc2)cc1C(=O)NCC1CCCCC1. The van der Waals surface area contributed by atoms with Crippen LogP contribution in [0.25, 0.3) is 11.3 Å². The van der Waals surface area contributed by atoms with Gasteiger partial charge in [0.25, 0.3) is 5.91 Å². The first-order valence-corrected chi connectivity index (χ1v) is 8.27. The lowest BCUT2D eigenvalue weighted by Crippen LogP contribution is -2.30. The largest absolute Gasteiger partial charge is 0.358 e. The second kappa shape index (κ2) is 6.82. The summed E-state index contributed by atoms with van der Waals surface area (Å²) in [6.45, 7) is 2.77. The lowest BCUT2D eigenvalue weighted by molar-refractivity contribution is 0.0943. The lowest BCUT2D eigenvalue weighted by atomic mass is 9.89. The number of benzene rings is 1. The summed E-state index contributed by atoms with van der Waals surface area (Å²) in [5.41, 5.74) is 3.80. The molecule has 3 heteroatoms. The number of carbonyl (C=O) groups is 1. The molecule has 0 bridgehead atoms. The third-order valence-corrected chi connectivity index (χ3v) is 4.62. The van der Waals surface area contributed by atoms with Gasteiger partial charge in [-0.05, 0) is 37.3 Å². The van der Waals surface area contributed by atoms with Crippen molar-refractivity contribution >= 4 is 5.91 Å². The monoisotopic (exact) mass is 296 g/mol. The van der Waals surface area contributed by atoms with Crippen molar-refractivity contribution in [2.45, 2.75) is 39.0 Å². The van der Waals surface area contributed by atoms with Crippen molar-refractivity contribution < 1.29 is 4.79 Å². The third kappa shape index (κ3) is 3.41. The van der Waals surface area contributed by atoms with E-state index in [0.29, 0.717) is 5.92 Å². The van der Waals surface area contributed by atoms with Gasteiger partial charge < -0.3 is 10.3 Å². The van der Waals surface area contributed by atoms with Gasteiger partial charge in [-0.15, -0.1) is 0 Å². The van der Waals surface area contributed by atoms with Crippen molar-refractivity contribution in [3.05, 3.63) is 47.7 Å². The van der Waals surface area contributed by atoms with Crippen LogP contribution in [0.15, 0.2) is 36.4 Å². The van der Waals surface area contributed by atoms with Crippen molar-refractivity contribution in [1.82, 2.24) is 10.3 Å². The van der Waals surface area contributed by atoms with Crippen LogP contribution in [0.5, 0.6) is 0 Å². The smallest absolute Gasteiger partial charge is 0.253 e. The first kappa shape index (κ1) is 14.9. The van der Waals surface area contributed by atoms with Crippen LogP contribution in [-0.4, -0.2) is 17.4 Å². The van der Waals surface area contributed by atoms with E-state index < -0.39 is 0 Å². The molecule has 1 heterocycles. The fourth-order valence-electron chi connectivity index (χ4n) is 3.29. The van der Waals surface area contributed by atoms with E-state index in [1.165, 1.54) is 32.1 Å². The molecule has 0 aliphatic heterocycles. The zero-order valence-electron chi connectivity index (χ0n) is 13.2. The predicted molar refractivity (Wildman–Crippen MR) is 89.9 cm³/mol. The number of H-pyrrole nitrogens is 1. The second-order valence-corrected chi connectivity index (χ2v) is 6.30. The van der Waals surface area contributed by atoms with Gasteiger partial charge in [0.1, 0.15) is 0 Å². The Morgan fingerprint density at radius 1 is 1.18 bits per heavy atom. The fraction of sp³-hybridized carbons (Fsp3) is 0.421. The Morgan fingerprint density at radius 2 is 1.91 bits per heavy atom. The molecule has 116 valence electrons. The fourth-order valence-corrected chi connectivity index (χ4v) is 3.29. The van der Waals surface area contributed by atoms with Gasteiger partial charge in [0.05, 0.1) is 5.56 Å². The molecular formula is C19H24N2O. The summed E-state index contributed by atoms with van der Waals surface area (Å²) in [6.07, 6.45) is 6.47. The average molecular weight is 296 g/mol. The molecule has 2 aromatic rings. The number of hydrogen-bond acceptors (Lipinski definition) is 1. The minimum absolute atomic E-state index is 0.0431. The topological polar surface area (TPSA) is 44.9 Å². The average Bonchev–Trinajstić information content (AvgIpc) is 2.96. The number of aromatic amines is 1. The number of aromatic nitrogens is 1. The molecule has 0 saturated heterocycles. The molecule has 0 atom stereocenters. The Labute approximate surface area is 132 Å². The van der Waals surface area contributed by atoms with Gasteiger partial charge in [-0.2, -0.15) is 0 Å². The van der Waals surface area contributed by atoms with E-state index in [1.807, 2.05) is 31.2 Å². The Kier molecular flexibility index (Phi) is 4.62. The molecule has 1 aromatic heterocycles. The molecule has 1 aliphatic carbocycles. The highest BCUT2D eigenvalue weighted by Crippen LogP contribution is 2.24. The Morgan fingerprint density at radius 3 is 2.64 bits per heavy atom. The van der Waals surface area contributed by atoms with E-state index in [4.69, 9.17) is 0 Å². The maximum atomic E-state index is 12.4. The third-order valence-electron chi connectivity index (χ3n) is 4.62. The number of hydrogen-bond donors (Lipinski definition) is 2. The van der Waals surface area contributed by atoms with Crippen molar-refractivity contribution in [3.63, 3.8) is 0 Å². The molecule has 1 saturated carbocycles.